The minimum absolute atomic E-state index is 0.0465. The Morgan fingerprint density at radius 3 is 2.47 bits per heavy atom. The van der Waals surface area contributed by atoms with E-state index in [0.717, 1.165) is 11.1 Å². The summed E-state index contributed by atoms with van der Waals surface area (Å²) in [6.45, 7) is 6.98. The molecule has 3 N–H and O–H groups in total. The summed E-state index contributed by atoms with van der Waals surface area (Å²) in [6, 6.07) is 1.92. The summed E-state index contributed by atoms with van der Waals surface area (Å²) in [4.78, 5) is 37.6. The average Bonchev–Trinajstić information content (AvgIpc) is 2.63. The molecule has 0 amide bonds. The van der Waals surface area contributed by atoms with Gasteiger partial charge in [0, 0.05) is 12.2 Å². The number of carbonyl (C=O) groups excluding carboxylic acids is 3. The number of aliphatic hydroxyl groups is 2. The van der Waals surface area contributed by atoms with E-state index in [9.17, 15) is 29.7 Å². The van der Waals surface area contributed by atoms with Gasteiger partial charge in [-0.1, -0.05) is 19.9 Å². The number of allylic oxidation sites excluding steroid dienone is 1. The van der Waals surface area contributed by atoms with E-state index < -0.39 is 17.5 Å². The lowest BCUT2D eigenvalue weighted by Crippen LogP contribution is -2.43. The van der Waals surface area contributed by atoms with Crippen molar-refractivity contribution >= 4 is 23.1 Å². The SMILES string of the molecule is CC(=O)CC(=O)C1C(=O)C2=C(O)c3c(O)c(C)cc(C(C)C)c3CC2CC1CCO. The van der Waals surface area contributed by atoms with E-state index in [1.807, 2.05) is 19.9 Å². The maximum Gasteiger partial charge on any atom is 0.173 e. The predicted octanol–water partition coefficient (Wildman–Crippen LogP) is 3.40. The van der Waals surface area contributed by atoms with E-state index in [0.29, 0.717) is 18.4 Å². The minimum atomic E-state index is -1.05. The molecule has 30 heavy (non-hydrogen) atoms. The third-order valence-electron chi connectivity index (χ3n) is 6.48. The number of fused-ring (bicyclic) bond motifs is 2. The van der Waals surface area contributed by atoms with Crippen LogP contribution in [0.5, 0.6) is 5.75 Å². The standard InChI is InChI=1S/C24H30O6/c1-11(2)16-7-12(3)22(28)21-17(16)10-15-9-14(5-6-25)19(18(27)8-13(4)26)23(29)20(15)24(21)30/h7,11,14-15,19,25,28,30H,5-6,8-10H2,1-4H3. The Balaban J connectivity index is 2.17. The van der Waals surface area contributed by atoms with Gasteiger partial charge in [-0.05, 0) is 67.6 Å². The molecule has 0 spiro atoms. The van der Waals surface area contributed by atoms with Gasteiger partial charge < -0.3 is 15.3 Å². The normalized spacial score (nSPS) is 23.4. The molecule has 2 aliphatic carbocycles. The molecule has 0 heterocycles. The van der Waals surface area contributed by atoms with Crippen LogP contribution in [0.3, 0.4) is 0 Å². The van der Waals surface area contributed by atoms with E-state index in [4.69, 9.17) is 0 Å². The van der Waals surface area contributed by atoms with Crippen molar-refractivity contribution in [2.45, 2.75) is 59.3 Å². The quantitative estimate of drug-likeness (QED) is 0.615. The van der Waals surface area contributed by atoms with Crippen molar-refractivity contribution in [1.29, 1.82) is 0 Å². The molecule has 2 aliphatic rings. The minimum Gasteiger partial charge on any atom is -0.507 e. The molecular formula is C24H30O6. The smallest absolute Gasteiger partial charge is 0.173 e. The zero-order chi connectivity index (χ0) is 22.3. The number of ketones is 3. The molecule has 1 aromatic rings. The number of phenolic OH excluding ortho intramolecular Hbond substituents is 1. The van der Waals surface area contributed by atoms with Crippen LogP contribution in [-0.2, 0) is 20.8 Å². The fraction of sp³-hybridized carbons (Fsp3) is 0.542. The Kier molecular flexibility index (Phi) is 6.18. The topological polar surface area (TPSA) is 112 Å². The van der Waals surface area contributed by atoms with Gasteiger partial charge in [0.05, 0.1) is 17.9 Å². The van der Waals surface area contributed by atoms with Gasteiger partial charge in [-0.3, -0.25) is 14.4 Å². The molecule has 0 aromatic heterocycles. The first-order valence-electron chi connectivity index (χ1n) is 10.5. The van der Waals surface area contributed by atoms with Crippen LogP contribution in [0.15, 0.2) is 11.6 Å². The third-order valence-corrected chi connectivity index (χ3v) is 6.48. The van der Waals surface area contributed by atoms with Crippen molar-refractivity contribution in [2.24, 2.45) is 17.8 Å². The van der Waals surface area contributed by atoms with Gasteiger partial charge in [0.1, 0.15) is 17.3 Å². The van der Waals surface area contributed by atoms with Gasteiger partial charge in [0.25, 0.3) is 0 Å². The second-order valence-corrected chi connectivity index (χ2v) is 9.00. The maximum atomic E-state index is 13.4. The molecular weight excluding hydrogens is 384 g/mol. The summed E-state index contributed by atoms with van der Waals surface area (Å²) in [6.07, 6.45) is 0.895. The van der Waals surface area contributed by atoms with Crippen LogP contribution in [0.1, 0.15) is 68.2 Å². The van der Waals surface area contributed by atoms with Gasteiger partial charge in [0.2, 0.25) is 0 Å². The summed E-state index contributed by atoms with van der Waals surface area (Å²) >= 11 is 0. The number of aliphatic hydroxyl groups excluding tert-OH is 2. The van der Waals surface area contributed by atoms with Gasteiger partial charge in [-0.15, -0.1) is 0 Å². The van der Waals surface area contributed by atoms with Gasteiger partial charge in [-0.25, -0.2) is 0 Å². The van der Waals surface area contributed by atoms with Crippen LogP contribution in [0.2, 0.25) is 0 Å². The van der Waals surface area contributed by atoms with Crippen LogP contribution in [-0.4, -0.2) is 39.3 Å². The zero-order valence-corrected chi connectivity index (χ0v) is 18.0. The van der Waals surface area contributed by atoms with Crippen molar-refractivity contribution in [3.63, 3.8) is 0 Å². The summed E-state index contributed by atoms with van der Waals surface area (Å²) < 4.78 is 0. The van der Waals surface area contributed by atoms with Crippen LogP contribution in [0.25, 0.3) is 5.76 Å². The summed E-state index contributed by atoms with van der Waals surface area (Å²) in [5.74, 6) is -3.11. The lowest BCUT2D eigenvalue weighted by molar-refractivity contribution is -0.137. The summed E-state index contributed by atoms with van der Waals surface area (Å²) in [5.41, 5.74) is 2.94. The molecule has 0 radical (unpaired) electrons. The number of benzene rings is 1. The number of carbonyl (C=O) groups is 3. The number of rotatable bonds is 6. The van der Waals surface area contributed by atoms with Crippen molar-refractivity contribution in [3.8, 4) is 5.75 Å². The Morgan fingerprint density at radius 2 is 1.90 bits per heavy atom. The Bertz CT molecular complexity index is 940. The molecule has 1 fully saturated rings. The Hall–Kier alpha value is -2.47. The molecule has 0 saturated heterocycles. The van der Waals surface area contributed by atoms with Crippen LogP contribution >= 0.6 is 0 Å². The molecule has 3 unspecified atom stereocenters. The lowest BCUT2D eigenvalue weighted by atomic mass is 9.63. The largest absolute Gasteiger partial charge is 0.507 e. The van der Waals surface area contributed by atoms with E-state index >= 15 is 0 Å². The molecule has 3 rings (SSSR count). The van der Waals surface area contributed by atoms with Crippen molar-refractivity contribution in [2.75, 3.05) is 6.61 Å². The molecule has 0 aliphatic heterocycles. The van der Waals surface area contributed by atoms with Gasteiger partial charge >= 0.3 is 0 Å². The monoisotopic (exact) mass is 414 g/mol. The highest BCUT2D eigenvalue weighted by Gasteiger charge is 2.47. The molecule has 6 heteroatoms. The zero-order valence-electron chi connectivity index (χ0n) is 18.0. The Labute approximate surface area is 176 Å². The van der Waals surface area contributed by atoms with Crippen molar-refractivity contribution in [1.82, 2.24) is 0 Å². The number of hydrogen-bond donors (Lipinski definition) is 3. The number of phenols is 1. The number of Topliss-reactive ketones (excluding diaryl/α,β-unsaturated/α-hetero) is 3. The molecule has 3 atom stereocenters. The number of hydrogen-bond acceptors (Lipinski definition) is 6. The van der Waals surface area contributed by atoms with Crippen molar-refractivity contribution in [3.05, 3.63) is 33.9 Å². The van der Waals surface area contributed by atoms with E-state index in [1.54, 1.807) is 6.92 Å². The first kappa shape index (κ1) is 22.2. The van der Waals surface area contributed by atoms with Crippen LogP contribution in [0, 0.1) is 24.7 Å². The van der Waals surface area contributed by atoms with Gasteiger partial charge in [0.15, 0.2) is 11.6 Å². The predicted molar refractivity (Wildman–Crippen MR) is 112 cm³/mol. The average molecular weight is 414 g/mol. The Morgan fingerprint density at radius 1 is 1.23 bits per heavy atom. The van der Waals surface area contributed by atoms with E-state index in [2.05, 4.69) is 0 Å². The summed E-state index contributed by atoms with van der Waals surface area (Å²) in [5, 5.41) is 31.3. The second kappa shape index (κ2) is 8.34. The van der Waals surface area contributed by atoms with Gasteiger partial charge in [-0.2, -0.15) is 0 Å². The van der Waals surface area contributed by atoms with Crippen LogP contribution in [0.4, 0.5) is 0 Å². The highest BCUT2D eigenvalue weighted by Crippen LogP contribution is 2.49. The molecule has 162 valence electrons. The summed E-state index contributed by atoms with van der Waals surface area (Å²) in [7, 11) is 0. The first-order valence-corrected chi connectivity index (χ1v) is 10.5. The third kappa shape index (κ3) is 3.69. The maximum absolute atomic E-state index is 13.4. The highest BCUT2D eigenvalue weighted by atomic mass is 16.3. The lowest BCUT2D eigenvalue weighted by Gasteiger charge is -2.39. The molecule has 1 aromatic carbocycles. The number of aryl methyl sites for hydroxylation is 1. The fourth-order valence-electron chi connectivity index (χ4n) is 5.16. The van der Waals surface area contributed by atoms with Crippen molar-refractivity contribution < 1.29 is 29.7 Å². The molecule has 0 bridgehead atoms. The van der Waals surface area contributed by atoms with E-state index in [-0.39, 0.29) is 65.6 Å². The molecule has 1 saturated carbocycles. The molecule has 6 nitrogen and oxygen atoms in total. The van der Waals surface area contributed by atoms with Crippen LogP contribution < -0.4 is 0 Å². The highest BCUT2D eigenvalue weighted by molar-refractivity contribution is 6.17. The fourth-order valence-corrected chi connectivity index (χ4v) is 5.16. The van der Waals surface area contributed by atoms with E-state index in [1.165, 1.54) is 6.92 Å². The first-order chi connectivity index (χ1) is 14.1. The second-order valence-electron chi connectivity index (χ2n) is 9.00. The number of aromatic hydroxyl groups is 1.